The highest BCUT2D eigenvalue weighted by atomic mass is 79.9. The number of hydrogen-bond donors (Lipinski definition) is 1. The van der Waals surface area contributed by atoms with Gasteiger partial charge < -0.3 is 5.11 Å². The summed E-state index contributed by atoms with van der Waals surface area (Å²) in [5.74, 6) is -0.508. The highest BCUT2D eigenvalue weighted by molar-refractivity contribution is 9.10. The fourth-order valence-corrected chi connectivity index (χ4v) is 2.40. The maximum Gasteiger partial charge on any atom is 0.269 e. The highest BCUT2D eigenvalue weighted by Gasteiger charge is 2.27. The molecule has 2 aromatic rings. The molecule has 1 N–H and O–H groups in total. The first-order chi connectivity index (χ1) is 10.4. The zero-order chi connectivity index (χ0) is 16.3. The normalized spacial score (nSPS) is 13.4. The lowest BCUT2D eigenvalue weighted by atomic mass is 9.99. The molecule has 5 nitrogen and oxygen atoms in total. The average Bonchev–Trinajstić information content (AvgIpc) is 2.53. The molecule has 0 aliphatic rings. The van der Waals surface area contributed by atoms with E-state index in [9.17, 15) is 20.0 Å². The van der Waals surface area contributed by atoms with Crippen LogP contribution in [0, 0.1) is 10.1 Å². The highest BCUT2D eigenvalue weighted by Crippen LogP contribution is 2.28. The number of nitrogens with zero attached hydrogens (tertiary/aromatic N) is 1. The van der Waals surface area contributed by atoms with Crippen LogP contribution in [0.15, 0.2) is 53.0 Å². The van der Waals surface area contributed by atoms with Crippen molar-refractivity contribution in [3.8, 4) is 0 Å². The van der Waals surface area contributed by atoms with Gasteiger partial charge in [-0.05, 0) is 17.7 Å². The summed E-state index contributed by atoms with van der Waals surface area (Å²) in [5.41, 5.74) is 0.690. The number of non-ortho nitro benzene ring substituents is 1. The Balaban J connectivity index is 2.17. The molecule has 0 aliphatic heterocycles. The number of rotatable bonds is 5. The number of nitro benzene ring substituents is 1. The van der Waals surface area contributed by atoms with Gasteiger partial charge in [0.25, 0.3) is 5.69 Å². The van der Waals surface area contributed by atoms with Crippen LogP contribution >= 0.6 is 27.5 Å². The maximum absolute atomic E-state index is 12.2. The summed E-state index contributed by atoms with van der Waals surface area (Å²) in [6.07, 6.45) is -1.44. The Hall–Kier alpha value is -1.76. The van der Waals surface area contributed by atoms with Gasteiger partial charge in [-0.1, -0.05) is 40.2 Å². The predicted octanol–water partition coefficient (Wildman–Crippen LogP) is 3.88. The number of aliphatic hydroxyl groups is 1. The van der Waals surface area contributed by atoms with Gasteiger partial charge in [0.15, 0.2) is 5.78 Å². The SMILES string of the molecule is O=C(c1ccc(Br)cc1)[C@H](O)[C@H](Cl)c1ccc([N+](=O)[O-])cc1. The maximum atomic E-state index is 12.2. The minimum absolute atomic E-state index is 0.0821. The monoisotopic (exact) mass is 383 g/mol. The lowest BCUT2D eigenvalue weighted by Crippen LogP contribution is -2.25. The smallest absolute Gasteiger partial charge is 0.269 e. The number of benzene rings is 2. The van der Waals surface area contributed by atoms with Crippen LogP contribution < -0.4 is 0 Å². The molecule has 0 saturated heterocycles. The zero-order valence-corrected chi connectivity index (χ0v) is 13.5. The lowest BCUT2D eigenvalue weighted by molar-refractivity contribution is -0.384. The molecule has 0 spiro atoms. The Morgan fingerprint density at radius 1 is 1.14 bits per heavy atom. The third-order valence-electron chi connectivity index (χ3n) is 3.10. The van der Waals surface area contributed by atoms with Crippen LogP contribution in [0.5, 0.6) is 0 Å². The first kappa shape index (κ1) is 16.6. The summed E-state index contributed by atoms with van der Waals surface area (Å²) in [5, 5.41) is 19.7. The number of ketones is 1. The first-order valence-corrected chi connectivity index (χ1v) is 7.49. The molecule has 2 rings (SSSR count). The molecule has 2 aromatic carbocycles. The number of Topliss-reactive ketones (excluding diaryl/α,β-unsaturated/α-hetero) is 1. The lowest BCUT2D eigenvalue weighted by Gasteiger charge is -2.16. The Kier molecular flexibility index (Phi) is 5.28. The van der Waals surface area contributed by atoms with Crippen molar-refractivity contribution in [2.45, 2.75) is 11.5 Å². The molecule has 0 radical (unpaired) electrons. The number of alkyl halides is 1. The number of aliphatic hydroxyl groups excluding tert-OH is 1. The molecule has 0 saturated carbocycles. The Morgan fingerprint density at radius 2 is 1.68 bits per heavy atom. The molecule has 22 heavy (non-hydrogen) atoms. The van der Waals surface area contributed by atoms with Gasteiger partial charge in [0.05, 0.1) is 10.3 Å². The van der Waals surface area contributed by atoms with Crippen molar-refractivity contribution >= 4 is 39.0 Å². The molecule has 0 aliphatic carbocycles. The number of carbonyl (C=O) groups excluding carboxylic acids is 1. The minimum Gasteiger partial charge on any atom is -0.383 e. The van der Waals surface area contributed by atoms with E-state index in [1.54, 1.807) is 24.3 Å². The zero-order valence-electron chi connectivity index (χ0n) is 11.1. The fourth-order valence-electron chi connectivity index (χ4n) is 1.88. The number of nitro groups is 1. The first-order valence-electron chi connectivity index (χ1n) is 6.26. The van der Waals surface area contributed by atoms with Crippen molar-refractivity contribution in [2.75, 3.05) is 0 Å². The van der Waals surface area contributed by atoms with E-state index < -0.39 is 22.2 Å². The van der Waals surface area contributed by atoms with E-state index in [0.717, 1.165) is 4.47 Å². The Bertz CT molecular complexity index is 688. The standard InChI is InChI=1S/C15H11BrClNO4/c16-11-5-1-10(2-6-11)14(19)15(20)13(17)9-3-7-12(8-4-9)18(21)22/h1-8,13,15,20H/t13-,15-/m1/s1. The van der Waals surface area contributed by atoms with Gasteiger partial charge >= 0.3 is 0 Å². The van der Waals surface area contributed by atoms with Gasteiger partial charge in [0.2, 0.25) is 0 Å². The van der Waals surface area contributed by atoms with Crippen LogP contribution in [0.4, 0.5) is 5.69 Å². The van der Waals surface area contributed by atoms with E-state index in [-0.39, 0.29) is 5.69 Å². The molecule has 0 unspecified atom stereocenters. The van der Waals surface area contributed by atoms with Crippen molar-refractivity contribution in [2.24, 2.45) is 0 Å². The molecule has 0 heterocycles. The van der Waals surface area contributed by atoms with Crippen molar-refractivity contribution in [3.05, 3.63) is 74.2 Å². The van der Waals surface area contributed by atoms with E-state index in [4.69, 9.17) is 11.6 Å². The van der Waals surface area contributed by atoms with Gasteiger partial charge in [-0.25, -0.2) is 0 Å². The van der Waals surface area contributed by atoms with Crippen LogP contribution in [0.1, 0.15) is 21.3 Å². The summed E-state index contributed by atoms with van der Waals surface area (Å²) >= 11 is 9.38. The van der Waals surface area contributed by atoms with Gasteiger partial charge in [-0.2, -0.15) is 0 Å². The van der Waals surface area contributed by atoms with Crippen LogP contribution in [0.3, 0.4) is 0 Å². The van der Waals surface area contributed by atoms with Crippen LogP contribution in [-0.4, -0.2) is 21.9 Å². The van der Waals surface area contributed by atoms with Gasteiger partial charge in [0.1, 0.15) is 6.10 Å². The second-order valence-electron chi connectivity index (χ2n) is 4.57. The molecular weight excluding hydrogens is 374 g/mol. The van der Waals surface area contributed by atoms with Gasteiger partial charge in [-0.15, -0.1) is 11.6 Å². The van der Waals surface area contributed by atoms with Crippen LogP contribution in [0.2, 0.25) is 0 Å². The minimum atomic E-state index is -1.44. The van der Waals surface area contributed by atoms with E-state index in [0.29, 0.717) is 11.1 Å². The van der Waals surface area contributed by atoms with Crippen molar-refractivity contribution in [1.82, 2.24) is 0 Å². The summed E-state index contributed by atoms with van der Waals surface area (Å²) in [6, 6.07) is 11.9. The molecule has 114 valence electrons. The molecule has 0 amide bonds. The molecule has 0 aromatic heterocycles. The average molecular weight is 385 g/mol. The third-order valence-corrected chi connectivity index (χ3v) is 4.12. The van der Waals surface area contributed by atoms with Crippen LogP contribution in [-0.2, 0) is 0 Å². The quantitative estimate of drug-likeness (QED) is 0.367. The second kappa shape index (κ2) is 7.00. The Morgan fingerprint density at radius 3 is 2.18 bits per heavy atom. The summed E-state index contributed by atoms with van der Waals surface area (Å²) in [6.45, 7) is 0. The Labute approximate surface area is 139 Å². The van der Waals surface area contributed by atoms with E-state index >= 15 is 0 Å². The largest absolute Gasteiger partial charge is 0.383 e. The molecule has 0 fully saturated rings. The topological polar surface area (TPSA) is 80.4 Å². The van der Waals surface area contributed by atoms with Gasteiger partial charge in [0, 0.05) is 22.2 Å². The number of hydrogen-bond acceptors (Lipinski definition) is 4. The van der Waals surface area contributed by atoms with Crippen LogP contribution in [0.25, 0.3) is 0 Å². The summed E-state index contributed by atoms with van der Waals surface area (Å²) in [7, 11) is 0. The molecule has 0 bridgehead atoms. The second-order valence-corrected chi connectivity index (χ2v) is 5.95. The number of carbonyl (C=O) groups is 1. The third kappa shape index (κ3) is 3.71. The van der Waals surface area contributed by atoms with Crippen molar-refractivity contribution < 1.29 is 14.8 Å². The van der Waals surface area contributed by atoms with Crippen molar-refractivity contribution in [1.29, 1.82) is 0 Å². The van der Waals surface area contributed by atoms with E-state index in [2.05, 4.69) is 15.9 Å². The molecule has 2 atom stereocenters. The van der Waals surface area contributed by atoms with Crippen molar-refractivity contribution in [3.63, 3.8) is 0 Å². The summed E-state index contributed by atoms with van der Waals surface area (Å²) < 4.78 is 0.816. The van der Waals surface area contributed by atoms with Gasteiger partial charge in [-0.3, -0.25) is 14.9 Å². The fraction of sp³-hybridized carbons (Fsp3) is 0.133. The summed E-state index contributed by atoms with van der Waals surface area (Å²) in [4.78, 5) is 22.3. The van der Waals surface area contributed by atoms with E-state index in [1.807, 2.05) is 0 Å². The predicted molar refractivity (Wildman–Crippen MR) is 86.2 cm³/mol. The van der Waals surface area contributed by atoms with E-state index in [1.165, 1.54) is 24.3 Å². The number of halogens is 2. The molecular formula is C15H11BrClNO4. The molecule has 7 heteroatoms.